The van der Waals surface area contributed by atoms with Crippen molar-refractivity contribution in [2.24, 2.45) is 0 Å². The topological polar surface area (TPSA) is 29.5 Å². The summed E-state index contributed by atoms with van der Waals surface area (Å²) in [6.45, 7) is 3.40. The summed E-state index contributed by atoms with van der Waals surface area (Å²) in [6, 6.07) is 3.98. The van der Waals surface area contributed by atoms with Crippen LogP contribution in [-0.4, -0.2) is 24.1 Å². The first-order chi connectivity index (χ1) is 9.61. The summed E-state index contributed by atoms with van der Waals surface area (Å²) in [5.41, 5.74) is 2.26. The monoisotopic (exact) mass is 373 g/mol. The van der Waals surface area contributed by atoms with Crippen molar-refractivity contribution in [2.45, 2.75) is 19.9 Å². The van der Waals surface area contributed by atoms with Crippen LogP contribution in [0.5, 0.6) is 0 Å². The van der Waals surface area contributed by atoms with Gasteiger partial charge in [0.2, 0.25) is 0 Å². The fourth-order valence-corrected chi connectivity index (χ4v) is 4.61. The van der Waals surface area contributed by atoms with Gasteiger partial charge in [0.05, 0.1) is 16.9 Å². The second-order valence-electron chi connectivity index (χ2n) is 4.62. The number of rotatable bonds is 1. The third-order valence-electron chi connectivity index (χ3n) is 3.46. The van der Waals surface area contributed by atoms with Gasteiger partial charge in [0.1, 0.15) is 0 Å². The predicted octanol–water partition coefficient (Wildman–Crippen LogP) is 4.83. The van der Waals surface area contributed by atoms with Gasteiger partial charge in [0.15, 0.2) is 0 Å². The second kappa shape index (κ2) is 5.54. The molecular weight excluding hydrogens is 362 g/mol. The molecule has 3 nitrogen and oxygen atoms in total. The van der Waals surface area contributed by atoms with E-state index in [1.165, 1.54) is 10.1 Å². The number of benzene rings is 1. The van der Waals surface area contributed by atoms with Crippen molar-refractivity contribution in [1.82, 2.24) is 4.90 Å². The Balaban J connectivity index is 2.08. The lowest BCUT2D eigenvalue weighted by atomic mass is 10.1. The molecule has 0 aliphatic carbocycles. The van der Waals surface area contributed by atoms with Crippen LogP contribution in [0.25, 0.3) is 10.1 Å². The molecule has 0 fully saturated rings. The van der Waals surface area contributed by atoms with Crippen LogP contribution >= 0.6 is 38.9 Å². The van der Waals surface area contributed by atoms with Crippen LogP contribution in [0.15, 0.2) is 15.9 Å². The largest absolute Gasteiger partial charge is 0.450 e. The summed E-state index contributed by atoms with van der Waals surface area (Å²) >= 11 is 11.6. The molecule has 1 aliphatic rings. The van der Waals surface area contributed by atoms with Gasteiger partial charge in [-0.3, -0.25) is 0 Å². The molecule has 0 saturated heterocycles. The zero-order valence-electron chi connectivity index (χ0n) is 10.9. The number of hydrogen-bond acceptors (Lipinski definition) is 3. The number of amides is 1. The van der Waals surface area contributed by atoms with Gasteiger partial charge >= 0.3 is 6.09 Å². The summed E-state index contributed by atoms with van der Waals surface area (Å²) < 4.78 is 7.39. The van der Waals surface area contributed by atoms with Crippen LogP contribution in [-0.2, 0) is 17.7 Å². The lowest BCUT2D eigenvalue weighted by Crippen LogP contribution is -2.32. The fourth-order valence-electron chi connectivity index (χ4n) is 2.55. The number of thiophene rings is 1. The van der Waals surface area contributed by atoms with Crippen molar-refractivity contribution in [3.8, 4) is 0 Å². The minimum atomic E-state index is -0.261. The van der Waals surface area contributed by atoms with Crippen molar-refractivity contribution < 1.29 is 9.53 Å². The molecule has 3 rings (SSSR count). The Morgan fingerprint density at radius 1 is 1.50 bits per heavy atom. The van der Waals surface area contributed by atoms with Crippen molar-refractivity contribution in [3.63, 3.8) is 0 Å². The smallest absolute Gasteiger partial charge is 0.410 e. The highest BCUT2D eigenvalue weighted by molar-refractivity contribution is 9.11. The normalized spacial score (nSPS) is 14.4. The highest BCUT2D eigenvalue weighted by Gasteiger charge is 2.25. The molecule has 1 aromatic carbocycles. The number of hydrogen-bond donors (Lipinski definition) is 0. The lowest BCUT2D eigenvalue weighted by Gasteiger charge is -2.19. The number of halogens is 2. The van der Waals surface area contributed by atoms with Gasteiger partial charge in [-0.05, 0) is 47.0 Å². The third-order valence-corrected chi connectivity index (χ3v) is 5.77. The summed E-state index contributed by atoms with van der Waals surface area (Å²) in [4.78, 5) is 13.7. The Bertz CT molecular complexity index is 685. The predicted molar refractivity (Wildman–Crippen MR) is 85.7 cm³/mol. The highest BCUT2D eigenvalue weighted by Crippen LogP contribution is 2.41. The Morgan fingerprint density at radius 3 is 3.05 bits per heavy atom. The Morgan fingerprint density at radius 2 is 2.30 bits per heavy atom. The summed E-state index contributed by atoms with van der Waals surface area (Å²) in [5.74, 6) is 0. The maximum atomic E-state index is 12.0. The van der Waals surface area contributed by atoms with E-state index < -0.39 is 0 Å². The quantitative estimate of drug-likeness (QED) is 0.715. The van der Waals surface area contributed by atoms with Crippen molar-refractivity contribution in [2.75, 3.05) is 13.2 Å². The average molecular weight is 375 g/mol. The lowest BCUT2D eigenvalue weighted by molar-refractivity contribution is 0.105. The van der Waals surface area contributed by atoms with Crippen LogP contribution in [0.2, 0.25) is 5.02 Å². The molecule has 0 radical (unpaired) electrons. The van der Waals surface area contributed by atoms with E-state index in [0.29, 0.717) is 19.7 Å². The molecule has 106 valence electrons. The first-order valence-corrected chi connectivity index (χ1v) is 8.40. The van der Waals surface area contributed by atoms with Gasteiger partial charge in [0.25, 0.3) is 0 Å². The Labute approximate surface area is 134 Å². The molecule has 1 aliphatic heterocycles. The van der Waals surface area contributed by atoms with E-state index in [1.54, 1.807) is 16.2 Å². The van der Waals surface area contributed by atoms with Gasteiger partial charge in [-0.25, -0.2) is 4.79 Å². The highest BCUT2D eigenvalue weighted by atomic mass is 79.9. The van der Waals surface area contributed by atoms with Crippen LogP contribution < -0.4 is 0 Å². The van der Waals surface area contributed by atoms with Crippen molar-refractivity contribution in [3.05, 3.63) is 32.1 Å². The fraction of sp³-hybridized carbons (Fsp3) is 0.357. The van der Waals surface area contributed by atoms with Crippen LogP contribution in [0.3, 0.4) is 0 Å². The SMILES string of the molecule is CCOC(=O)N1CCc2c(Cl)ccc3sc(Br)c(c23)C1. The maximum absolute atomic E-state index is 12.0. The third kappa shape index (κ3) is 2.32. The van der Waals surface area contributed by atoms with Gasteiger partial charge in [-0.2, -0.15) is 0 Å². The van der Waals surface area contributed by atoms with E-state index in [-0.39, 0.29) is 6.09 Å². The minimum Gasteiger partial charge on any atom is -0.450 e. The van der Waals surface area contributed by atoms with Gasteiger partial charge in [-0.1, -0.05) is 11.6 Å². The average Bonchev–Trinajstić information content (AvgIpc) is 2.62. The van der Waals surface area contributed by atoms with Crippen molar-refractivity contribution >= 4 is 55.0 Å². The molecule has 1 amide bonds. The van der Waals surface area contributed by atoms with E-state index >= 15 is 0 Å². The molecule has 20 heavy (non-hydrogen) atoms. The molecule has 0 saturated carbocycles. The standard InChI is InChI=1S/C14H13BrClNO2S/c1-2-19-14(18)17-6-5-8-10(16)3-4-11-12(8)9(7-17)13(15)20-11/h3-4H,2,5-7H2,1H3. The second-order valence-corrected chi connectivity index (χ2v) is 7.40. The van der Waals surface area contributed by atoms with Crippen LogP contribution in [0.4, 0.5) is 4.79 Å². The molecule has 2 heterocycles. The Kier molecular flexibility index (Phi) is 3.93. The first-order valence-electron chi connectivity index (χ1n) is 6.41. The Hall–Kier alpha value is -0.780. The molecule has 0 N–H and O–H groups in total. The molecular formula is C14H13BrClNO2S. The zero-order chi connectivity index (χ0) is 14.3. The van der Waals surface area contributed by atoms with E-state index in [0.717, 1.165) is 26.4 Å². The molecule has 0 atom stereocenters. The van der Waals surface area contributed by atoms with Crippen LogP contribution in [0, 0.1) is 0 Å². The van der Waals surface area contributed by atoms with E-state index in [9.17, 15) is 4.79 Å². The molecule has 0 spiro atoms. The molecule has 1 aromatic heterocycles. The molecule has 2 aromatic rings. The van der Waals surface area contributed by atoms with E-state index in [2.05, 4.69) is 15.9 Å². The number of ether oxygens (including phenoxy) is 1. The number of nitrogens with zero attached hydrogens (tertiary/aromatic N) is 1. The van der Waals surface area contributed by atoms with E-state index in [1.807, 2.05) is 19.1 Å². The number of carbonyl (C=O) groups is 1. The van der Waals surface area contributed by atoms with Crippen LogP contribution in [0.1, 0.15) is 18.1 Å². The number of carbonyl (C=O) groups excluding carboxylic acids is 1. The summed E-state index contributed by atoms with van der Waals surface area (Å²) in [6.07, 6.45) is 0.494. The summed E-state index contributed by atoms with van der Waals surface area (Å²) in [5, 5.41) is 1.97. The van der Waals surface area contributed by atoms with E-state index in [4.69, 9.17) is 16.3 Å². The van der Waals surface area contributed by atoms with Gasteiger partial charge < -0.3 is 9.64 Å². The van der Waals surface area contributed by atoms with Gasteiger partial charge in [-0.15, -0.1) is 11.3 Å². The minimum absolute atomic E-state index is 0.261. The molecule has 6 heteroatoms. The molecule has 0 bridgehead atoms. The zero-order valence-corrected chi connectivity index (χ0v) is 14.1. The molecule has 0 unspecified atom stereocenters. The maximum Gasteiger partial charge on any atom is 0.410 e. The van der Waals surface area contributed by atoms with Crippen molar-refractivity contribution in [1.29, 1.82) is 0 Å². The first kappa shape index (κ1) is 14.2. The van der Waals surface area contributed by atoms with Gasteiger partial charge in [0, 0.05) is 27.2 Å². The summed E-state index contributed by atoms with van der Waals surface area (Å²) in [7, 11) is 0.